The van der Waals surface area contributed by atoms with Crippen LogP contribution in [0.2, 0.25) is 0 Å². The number of rotatable bonds is 7. The maximum atomic E-state index is 12.7. The van der Waals surface area contributed by atoms with E-state index in [0.29, 0.717) is 24.2 Å². The highest BCUT2D eigenvalue weighted by atomic mass is 16.2. The lowest BCUT2D eigenvalue weighted by molar-refractivity contribution is 0.0947. The second-order valence-corrected chi connectivity index (χ2v) is 6.02. The zero-order valence-electron chi connectivity index (χ0n) is 15.0. The van der Waals surface area contributed by atoms with Gasteiger partial charge in [0.25, 0.3) is 11.8 Å². The first-order chi connectivity index (χ1) is 12.0. The third-order valence-corrected chi connectivity index (χ3v) is 3.87. The molecule has 5 heteroatoms. The quantitative estimate of drug-likeness (QED) is 0.844. The molecule has 0 heterocycles. The van der Waals surface area contributed by atoms with Crippen molar-refractivity contribution in [3.8, 4) is 0 Å². The molecular weight excluding hydrogens is 314 g/mol. The molecule has 0 aliphatic rings. The van der Waals surface area contributed by atoms with E-state index in [2.05, 4.69) is 5.32 Å². The highest BCUT2D eigenvalue weighted by Gasteiger charge is 2.16. The second kappa shape index (κ2) is 8.99. The number of hydrogen-bond acceptors (Lipinski definition) is 3. The SMILES string of the molecule is CCN(C(=O)c1ccc(C(=O)NCCN(C)C)cc1)c1ccccc1. The van der Waals surface area contributed by atoms with E-state index in [4.69, 9.17) is 0 Å². The van der Waals surface area contributed by atoms with E-state index < -0.39 is 0 Å². The second-order valence-electron chi connectivity index (χ2n) is 6.02. The predicted octanol–water partition coefficient (Wildman–Crippen LogP) is 2.64. The van der Waals surface area contributed by atoms with E-state index in [9.17, 15) is 9.59 Å². The number of benzene rings is 2. The van der Waals surface area contributed by atoms with Crippen molar-refractivity contribution >= 4 is 17.5 Å². The van der Waals surface area contributed by atoms with E-state index in [1.165, 1.54) is 0 Å². The third kappa shape index (κ3) is 5.16. The van der Waals surface area contributed by atoms with Crippen LogP contribution in [0.5, 0.6) is 0 Å². The molecular formula is C20H25N3O2. The first-order valence-corrected chi connectivity index (χ1v) is 8.43. The maximum Gasteiger partial charge on any atom is 0.258 e. The van der Waals surface area contributed by atoms with Crippen LogP contribution in [0.1, 0.15) is 27.6 Å². The van der Waals surface area contributed by atoms with Crippen LogP contribution in [-0.2, 0) is 0 Å². The van der Waals surface area contributed by atoms with E-state index in [1.54, 1.807) is 29.2 Å². The monoisotopic (exact) mass is 339 g/mol. The van der Waals surface area contributed by atoms with Crippen LogP contribution in [0, 0.1) is 0 Å². The standard InChI is InChI=1S/C20H25N3O2/c1-4-23(18-8-6-5-7-9-18)20(25)17-12-10-16(11-13-17)19(24)21-14-15-22(2)3/h5-13H,4,14-15H2,1-3H3,(H,21,24). The van der Waals surface area contributed by atoms with E-state index in [1.807, 2.05) is 56.3 Å². The third-order valence-electron chi connectivity index (χ3n) is 3.87. The minimum atomic E-state index is -0.128. The molecule has 0 saturated heterocycles. The molecule has 0 aliphatic heterocycles. The number of nitrogens with zero attached hydrogens (tertiary/aromatic N) is 2. The summed E-state index contributed by atoms with van der Waals surface area (Å²) in [6.07, 6.45) is 0. The Labute approximate surface area is 149 Å². The van der Waals surface area contributed by atoms with Crippen LogP contribution < -0.4 is 10.2 Å². The molecule has 2 aromatic rings. The number of carbonyl (C=O) groups excluding carboxylic acids is 2. The molecule has 0 aromatic heterocycles. The van der Waals surface area contributed by atoms with Gasteiger partial charge in [0, 0.05) is 36.4 Å². The summed E-state index contributed by atoms with van der Waals surface area (Å²) in [5, 5.41) is 2.86. The molecule has 0 atom stereocenters. The Balaban J connectivity index is 2.05. The fourth-order valence-electron chi connectivity index (χ4n) is 2.47. The zero-order valence-corrected chi connectivity index (χ0v) is 15.0. The number of hydrogen-bond donors (Lipinski definition) is 1. The summed E-state index contributed by atoms with van der Waals surface area (Å²) in [5.41, 5.74) is 1.98. The highest BCUT2D eigenvalue weighted by Crippen LogP contribution is 2.17. The summed E-state index contributed by atoms with van der Waals surface area (Å²) < 4.78 is 0. The number of amides is 2. The Kier molecular flexibility index (Phi) is 6.71. The average Bonchev–Trinajstić information content (AvgIpc) is 2.63. The van der Waals surface area contributed by atoms with Crippen LogP contribution in [0.3, 0.4) is 0 Å². The van der Waals surface area contributed by atoms with Crippen molar-refractivity contribution in [2.24, 2.45) is 0 Å². The molecule has 2 amide bonds. The summed E-state index contributed by atoms with van der Waals surface area (Å²) >= 11 is 0. The molecule has 0 bridgehead atoms. The molecule has 2 rings (SSSR count). The number of nitrogens with one attached hydrogen (secondary N) is 1. The van der Waals surface area contributed by atoms with Crippen molar-refractivity contribution < 1.29 is 9.59 Å². The van der Waals surface area contributed by atoms with Gasteiger partial charge >= 0.3 is 0 Å². The fourth-order valence-corrected chi connectivity index (χ4v) is 2.47. The van der Waals surface area contributed by atoms with Crippen molar-refractivity contribution in [2.75, 3.05) is 38.6 Å². The lowest BCUT2D eigenvalue weighted by Gasteiger charge is -2.21. The van der Waals surface area contributed by atoms with Crippen LogP contribution in [0.15, 0.2) is 54.6 Å². The van der Waals surface area contributed by atoms with Crippen molar-refractivity contribution in [3.05, 3.63) is 65.7 Å². The van der Waals surface area contributed by atoms with Crippen LogP contribution >= 0.6 is 0 Å². The van der Waals surface area contributed by atoms with E-state index in [0.717, 1.165) is 12.2 Å². The number of para-hydroxylation sites is 1. The van der Waals surface area contributed by atoms with Gasteiger partial charge in [-0.3, -0.25) is 9.59 Å². The molecule has 1 N–H and O–H groups in total. The molecule has 0 fully saturated rings. The van der Waals surface area contributed by atoms with Gasteiger partial charge in [0.05, 0.1) is 0 Å². The fraction of sp³-hybridized carbons (Fsp3) is 0.300. The summed E-state index contributed by atoms with van der Waals surface area (Å²) in [5.74, 6) is -0.204. The van der Waals surface area contributed by atoms with Gasteiger partial charge in [-0.1, -0.05) is 18.2 Å². The van der Waals surface area contributed by atoms with Crippen molar-refractivity contribution in [1.82, 2.24) is 10.2 Å². The minimum absolute atomic E-state index is 0.0757. The van der Waals surface area contributed by atoms with Gasteiger partial charge in [-0.15, -0.1) is 0 Å². The number of anilines is 1. The minimum Gasteiger partial charge on any atom is -0.351 e. The van der Waals surface area contributed by atoms with Crippen LogP contribution in [0.25, 0.3) is 0 Å². The van der Waals surface area contributed by atoms with Gasteiger partial charge in [-0.2, -0.15) is 0 Å². The lowest BCUT2D eigenvalue weighted by Crippen LogP contribution is -2.32. The van der Waals surface area contributed by atoms with Gasteiger partial charge in [-0.25, -0.2) is 0 Å². The largest absolute Gasteiger partial charge is 0.351 e. The van der Waals surface area contributed by atoms with Crippen LogP contribution in [0.4, 0.5) is 5.69 Å². The maximum absolute atomic E-state index is 12.7. The van der Waals surface area contributed by atoms with Crippen molar-refractivity contribution in [1.29, 1.82) is 0 Å². The predicted molar refractivity (Wildman–Crippen MR) is 101 cm³/mol. The van der Waals surface area contributed by atoms with E-state index >= 15 is 0 Å². The van der Waals surface area contributed by atoms with E-state index in [-0.39, 0.29) is 11.8 Å². The van der Waals surface area contributed by atoms with Crippen LogP contribution in [-0.4, -0.2) is 50.4 Å². The van der Waals surface area contributed by atoms with Gasteiger partial charge in [0.15, 0.2) is 0 Å². The van der Waals surface area contributed by atoms with Gasteiger partial charge in [0.2, 0.25) is 0 Å². The molecule has 0 spiro atoms. The van der Waals surface area contributed by atoms with Gasteiger partial charge in [-0.05, 0) is 57.4 Å². The first-order valence-electron chi connectivity index (χ1n) is 8.43. The molecule has 0 saturated carbocycles. The Hall–Kier alpha value is -2.66. The summed E-state index contributed by atoms with van der Waals surface area (Å²) in [6, 6.07) is 16.4. The Morgan fingerprint density at radius 1 is 0.920 bits per heavy atom. The molecule has 0 radical (unpaired) electrons. The van der Waals surface area contributed by atoms with Crippen molar-refractivity contribution in [2.45, 2.75) is 6.92 Å². The first kappa shape index (κ1) is 18.7. The molecule has 0 aliphatic carbocycles. The highest BCUT2D eigenvalue weighted by molar-refractivity contribution is 6.06. The molecule has 5 nitrogen and oxygen atoms in total. The molecule has 132 valence electrons. The summed E-state index contributed by atoms with van der Waals surface area (Å²) in [4.78, 5) is 28.5. The zero-order chi connectivity index (χ0) is 18.2. The average molecular weight is 339 g/mol. The van der Waals surface area contributed by atoms with Crippen molar-refractivity contribution in [3.63, 3.8) is 0 Å². The summed E-state index contributed by atoms with van der Waals surface area (Å²) in [6.45, 7) is 3.89. The Morgan fingerprint density at radius 3 is 2.08 bits per heavy atom. The Bertz CT molecular complexity index is 697. The number of likely N-dealkylation sites (N-methyl/N-ethyl adjacent to an activating group) is 1. The Morgan fingerprint density at radius 2 is 1.52 bits per heavy atom. The smallest absolute Gasteiger partial charge is 0.258 e. The van der Waals surface area contributed by atoms with Gasteiger partial charge < -0.3 is 15.1 Å². The van der Waals surface area contributed by atoms with Gasteiger partial charge in [0.1, 0.15) is 0 Å². The normalized spacial score (nSPS) is 10.6. The molecule has 25 heavy (non-hydrogen) atoms. The molecule has 0 unspecified atom stereocenters. The molecule has 2 aromatic carbocycles. The lowest BCUT2D eigenvalue weighted by atomic mass is 10.1. The topological polar surface area (TPSA) is 52.7 Å². The summed E-state index contributed by atoms with van der Waals surface area (Å²) in [7, 11) is 3.91. The number of carbonyl (C=O) groups is 2.